The van der Waals surface area contributed by atoms with Crippen molar-refractivity contribution in [1.82, 2.24) is 10.3 Å². The molecule has 1 aromatic heterocycles. The Morgan fingerprint density at radius 1 is 1.57 bits per heavy atom. The van der Waals surface area contributed by atoms with E-state index in [-0.39, 0.29) is 0 Å². The average Bonchev–Trinajstić information content (AvgIpc) is 2.51. The molecule has 1 rings (SSSR count). The summed E-state index contributed by atoms with van der Waals surface area (Å²) in [7, 11) is 0. The van der Waals surface area contributed by atoms with Crippen molar-refractivity contribution in [1.29, 1.82) is 0 Å². The van der Waals surface area contributed by atoms with Crippen LogP contribution >= 0.6 is 22.9 Å². The minimum atomic E-state index is 0.362. The molecule has 0 radical (unpaired) electrons. The topological polar surface area (TPSA) is 24.9 Å². The van der Waals surface area contributed by atoms with Crippen molar-refractivity contribution >= 4 is 22.9 Å². The number of halogens is 1. The van der Waals surface area contributed by atoms with E-state index < -0.39 is 0 Å². The summed E-state index contributed by atoms with van der Waals surface area (Å²) >= 11 is 7.32. The standard InChI is InChI=1S/C10H17ClN2S/c1-4-10(2,3)7-12-6-9-13-5-8(11)14-9/h5,12H,4,6-7H2,1-3H3. The fourth-order valence-corrected chi connectivity index (χ4v) is 1.93. The molecule has 1 N–H and O–H groups in total. The molecule has 0 spiro atoms. The van der Waals surface area contributed by atoms with Crippen molar-refractivity contribution in [3.05, 3.63) is 15.5 Å². The van der Waals surface area contributed by atoms with Gasteiger partial charge in [0.2, 0.25) is 0 Å². The van der Waals surface area contributed by atoms with Gasteiger partial charge >= 0.3 is 0 Å². The monoisotopic (exact) mass is 232 g/mol. The highest BCUT2D eigenvalue weighted by Crippen LogP contribution is 2.20. The second-order valence-corrected chi connectivity index (χ2v) is 5.93. The molecule has 1 aromatic rings. The number of hydrogen-bond acceptors (Lipinski definition) is 3. The Kier molecular flexibility index (Phi) is 4.35. The van der Waals surface area contributed by atoms with Crippen LogP contribution in [0.25, 0.3) is 0 Å². The second-order valence-electron chi connectivity index (χ2n) is 4.18. The average molecular weight is 233 g/mol. The first-order valence-electron chi connectivity index (χ1n) is 4.84. The quantitative estimate of drug-likeness (QED) is 0.843. The first kappa shape index (κ1) is 12.0. The Hall–Kier alpha value is -0.120. The Labute approximate surface area is 94.7 Å². The normalized spacial score (nSPS) is 12.0. The summed E-state index contributed by atoms with van der Waals surface area (Å²) in [6.45, 7) is 8.56. The number of nitrogens with zero attached hydrogens (tertiary/aromatic N) is 1. The van der Waals surface area contributed by atoms with Crippen LogP contribution in [0.3, 0.4) is 0 Å². The van der Waals surface area contributed by atoms with Gasteiger partial charge in [0.05, 0.1) is 6.20 Å². The van der Waals surface area contributed by atoms with Gasteiger partial charge in [0, 0.05) is 13.1 Å². The minimum absolute atomic E-state index is 0.362. The molecule has 0 bridgehead atoms. The smallest absolute Gasteiger partial charge is 0.113 e. The zero-order chi connectivity index (χ0) is 10.6. The van der Waals surface area contributed by atoms with Gasteiger partial charge < -0.3 is 5.32 Å². The number of nitrogens with one attached hydrogen (secondary N) is 1. The van der Waals surface area contributed by atoms with E-state index in [1.54, 1.807) is 6.20 Å². The highest BCUT2D eigenvalue weighted by atomic mass is 35.5. The molecule has 0 aliphatic carbocycles. The van der Waals surface area contributed by atoms with E-state index in [1.165, 1.54) is 17.8 Å². The van der Waals surface area contributed by atoms with Gasteiger partial charge in [-0.05, 0) is 11.8 Å². The molecule has 0 unspecified atom stereocenters. The molecule has 0 saturated heterocycles. The molecule has 0 amide bonds. The molecule has 0 aromatic carbocycles. The summed E-state index contributed by atoms with van der Waals surface area (Å²) in [4.78, 5) is 4.19. The van der Waals surface area contributed by atoms with Crippen molar-refractivity contribution < 1.29 is 0 Å². The van der Waals surface area contributed by atoms with Gasteiger partial charge in [-0.3, -0.25) is 0 Å². The molecule has 80 valence electrons. The molecule has 0 aliphatic rings. The highest BCUT2D eigenvalue weighted by molar-refractivity contribution is 7.15. The molecule has 0 saturated carbocycles. The van der Waals surface area contributed by atoms with Gasteiger partial charge in [0.1, 0.15) is 9.34 Å². The van der Waals surface area contributed by atoms with Crippen LogP contribution < -0.4 is 5.32 Å². The van der Waals surface area contributed by atoms with Crippen molar-refractivity contribution in [3.63, 3.8) is 0 Å². The largest absolute Gasteiger partial charge is 0.310 e. The summed E-state index contributed by atoms with van der Waals surface area (Å²) in [6, 6.07) is 0. The summed E-state index contributed by atoms with van der Waals surface area (Å²) in [5.74, 6) is 0. The second kappa shape index (κ2) is 5.10. The van der Waals surface area contributed by atoms with E-state index in [1.807, 2.05) is 0 Å². The van der Waals surface area contributed by atoms with Crippen LogP contribution in [-0.4, -0.2) is 11.5 Å². The van der Waals surface area contributed by atoms with E-state index in [4.69, 9.17) is 11.6 Å². The summed E-state index contributed by atoms with van der Waals surface area (Å²) in [6.07, 6.45) is 2.88. The van der Waals surface area contributed by atoms with E-state index in [0.29, 0.717) is 5.41 Å². The molecule has 4 heteroatoms. The van der Waals surface area contributed by atoms with E-state index in [2.05, 4.69) is 31.1 Å². The van der Waals surface area contributed by atoms with Crippen LogP contribution in [0, 0.1) is 5.41 Å². The van der Waals surface area contributed by atoms with Crippen molar-refractivity contribution in [2.75, 3.05) is 6.54 Å². The van der Waals surface area contributed by atoms with E-state index >= 15 is 0 Å². The molecular formula is C10H17ClN2S. The molecule has 14 heavy (non-hydrogen) atoms. The SMILES string of the molecule is CCC(C)(C)CNCc1ncc(Cl)s1. The lowest BCUT2D eigenvalue weighted by Gasteiger charge is -2.22. The maximum atomic E-state index is 5.78. The third-order valence-electron chi connectivity index (χ3n) is 2.36. The number of hydrogen-bond donors (Lipinski definition) is 1. The summed E-state index contributed by atoms with van der Waals surface area (Å²) in [5.41, 5.74) is 0.362. The Morgan fingerprint density at radius 2 is 2.29 bits per heavy atom. The first-order valence-corrected chi connectivity index (χ1v) is 6.04. The summed E-state index contributed by atoms with van der Waals surface area (Å²) in [5, 5.41) is 4.45. The minimum Gasteiger partial charge on any atom is -0.310 e. The third-order valence-corrected chi connectivity index (χ3v) is 3.48. The van der Waals surface area contributed by atoms with Crippen molar-refractivity contribution in [2.45, 2.75) is 33.7 Å². The Balaban J connectivity index is 2.28. The highest BCUT2D eigenvalue weighted by Gasteiger charge is 2.14. The van der Waals surface area contributed by atoms with E-state index in [9.17, 15) is 0 Å². The van der Waals surface area contributed by atoms with Gasteiger partial charge in [0.15, 0.2) is 0 Å². The molecule has 2 nitrogen and oxygen atoms in total. The lowest BCUT2D eigenvalue weighted by molar-refractivity contribution is 0.327. The lowest BCUT2D eigenvalue weighted by atomic mass is 9.90. The number of thiazole rings is 1. The van der Waals surface area contributed by atoms with Crippen LogP contribution in [0.1, 0.15) is 32.2 Å². The maximum Gasteiger partial charge on any atom is 0.113 e. The molecule has 1 heterocycles. The first-order chi connectivity index (χ1) is 6.53. The summed E-state index contributed by atoms with van der Waals surface area (Å²) < 4.78 is 0.761. The fraction of sp³-hybridized carbons (Fsp3) is 0.700. The predicted octanol–water partition coefficient (Wildman–Crippen LogP) is 3.32. The predicted molar refractivity (Wildman–Crippen MR) is 62.9 cm³/mol. The van der Waals surface area contributed by atoms with Gasteiger partial charge in [0.25, 0.3) is 0 Å². The van der Waals surface area contributed by atoms with Crippen LogP contribution in [0.5, 0.6) is 0 Å². The number of aromatic nitrogens is 1. The fourth-order valence-electron chi connectivity index (χ4n) is 1.00. The third kappa shape index (κ3) is 3.95. The number of rotatable bonds is 5. The molecular weight excluding hydrogens is 216 g/mol. The maximum absolute atomic E-state index is 5.78. The van der Waals surface area contributed by atoms with Crippen LogP contribution in [0.4, 0.5) is 0 Å². The Morgan fingerprint density at radius 3 is 2.79 bits per heavy atom. The van der Waals surface area contributed by atoms with Crippen LogP contribution in [-0.2, 0) is 6.54 Å². The Bertz CT molecular complexity index is 283. The molecule has 0 aliphatic heterocycles. The zero-order valence-electron chi connectivity index (χ0n) is 8.93. The van der Waals surface area contributed by atoms with Gasteiger partial charge in [-0.25, -0.2) is 4.98 Å². The van der Waals surface area contributed by atoms with Crippen molar-refractivity contribution in [2.24, 2.45) is 5.41 Å². The molecule has 0 fully saturated rings. The van der Waals surface area contributed by atoms with Crippen LogP contribution in [0.15, 0.2) is 6.20 Å². The lowest BCUT2D eigenvalue weighted by Crippen LogP contribution is -2.28. The molecule has 0 atom stereocenters. The van der Waals surface area contributed by atoms with Gasteiger partial charge in [-0.1, -0.05) is 32.4 Å². The van der Waals surface area contributed by atoms with Gasteiger partial charge in [-0.15, -0.1) is 11.3 Å². The van der Waals surface area contributed by atoms with Gasteiger partial charge in [-0.2, -0.15) is 0 Å². The van der Waals surface area contributed by atoms with E-state index in [0.717, 1.165) is 22.4 Å². The zero-order valence-corrected chi connectivity index (χ0v) is 10.5. The van der Waals surface area contributed by atoms with Crippen LogP contribution in [0.2, 0.25) is 4.34 Å². The van der Waals surface area contributed by atoms with Crippen molar-refractivity contribution in [3.8, 4) is 0 Å².